The molecule has 1 heterocycles. The van der Waals surface area contributed by atoms with Crippen molar-refractivity contribution in [2.75, 3.05) is 13.7 Å². The van der Waals surface area contributed by atoms with Crippen molar-refractivity contribution in [2.45, 2.75) is 38.7 Å². The summed E-state index contributed by atoms with van der Waals surface area (Å²) in [6, 6.07) is 0. The van der Waals surface area contributed by atoms with Crippen LogP contribution in [0.3, 0.4) is 0 Å². The van der Waals surface area contributed by atoms with E-state index in [0.29, 0.717) is 6.41 Å². The van der Waals surface area contributed by atoms with Gasteiger partial charge >= 0.3 is 5.97 Å². The number of amidine groups is 1. The van der Waals surface area contributed by atoms with Crippen molar-refractivity contribution in [1.82, 2.24) is 4.90 Å². The van der Waals surface area contributed by atoms with Gasteiger partial charge in [-0.1, -0.05) is 13.8 Å². The number of aliphatic imine (C=N–C) groups is 1. The van der Waals surface area contributed by atoms with Crippen LogP contribution in [0.25, 0.3) is 0 Å². The minimum Gasteiger partial charge on any atom is -0.463 e. The molecule has 3 N–H and O–H groups in total. The molecule has 3 atom stereocenters. The average Bonchev–Trinajstić information content (AvgIpc) is 2.89. The minimum atomic E-state index is -1.09. The first kappa shape index (κ1) is 19.0. The van der Waals surface area contributed by atoms with E-state index in [4.69, 9.17) is 15.2 Å². The van der Waals surface area contributed by atoms with Gasteiger partial charge in [-0.05, 0) is 0 Å². The third-order valence-corrected chi connectivity index (χ3v) is 3.21. The molecule has 130 valence electrons. The van der Waals surface area contributed by atoms with Gasteiger partial charge < -0.3 is 20.3 Å². The summed E-state index contributed by atoms with van der Waals surface area (Å²) >= 11 is 0. The molecule has 23 heavy (non-hydrogen) atoms. The Labute approximate surface area is 133 Å². The highest BCUT2D eigenvalue weighted by atomic mass is 19.1. The maximum atomic E-state index is 13.7. The number of carbonyl (C=O) groups is 2. The second kappa shape index (κ2) is 8.59. The van der Waals surface area contributed by atoms with Crippen molar-refractivity contribution in [3.05, 3.63) is 12.0 Å². The largest absolute Gasteiger partial charge is 0.463 e. The van der Waals surface area contributed by atoms with Crippen LogP contribution in [0.15, 0.2) is 17.0 Å². The molecule has 3 unspecified atom stereocenters. The lowest BCUT2D eigenvalue weighted by molar-refractivity contribution is -0.154. The predicted octanol–water partition coefficient (Wildman–Crippen LogP) is -0.0822. The number of nitrogens with two attached hydrogens (primary N) is 1. The van der Waals surface area contributed by atoms with E-state index < -0.39 is 30.2 Å². The summed E-state index contributed by atoms with van der Waals surface area (Å²) in [7, 11) is 1.30. The van der Waals surface area contributed by atoms with E-state index in [0.717, 1.165) is 11.1 Å². The molecule has 1 fully saturated rings. The van der Waals surface area contributed by atoms with Crippen molar-refractivity contribution in [1.29, 1.82) is 0 Å². The first-order valence-corrected chi connectivity index (χ1v) is 7.13. The SMILES string of the molecule is CN=C(N)/C(F)=C\N(C=O)C1OC(COC(=O)C(C)C)CC1O. The van der Waals surface area contributed by atoms with Gasteiger partial charge in [-0.3, -0.25) is 19.5 Å². The number of aliphatic hydroxyl groups excluding tert-OH is 1. The molecule has 1 aliphatic heterocycles. The van der Waals surface area contributed by atoms with Crippen LogP contribution in [0.2, 0.25) is 0 Å². The molecule has 0 saturated carbocycles. The molecule has 0 radical (unpaired) electrons. The molecule has 1 saturated heterocycles. The second-order valence-electron chi connectivity index (χ2n) is 5.37. The number of hydrogen-bond acceptors (Lipinski definition) is 6. The number of rotatable bonds is 7. The molecule has 0 bridgehead atoms. The van der Waals surface area contributed by atoms with E-state index in [9.17, 15) is 19.1 Å². The zero-order valence-corrected chi connectivity index (χ0v) is 13.3. The Bertz CT molecular complexity index is 495. The van der Waals surface area contributed by atoms with Gasteiger partial charge in [0.15, 0.2) is 17.9 Å². The van der Waals surface area contributed by atoms with Crippen LogP contribution in [0.1, 0.15) is 20.3 Å². The Kier molecular flexibility index (Phi) is 7.11. The van der Waals surface area contributed by atoms with Crippen LogP contribution in [0.5, 0.6) is 0 Å². The molecule has 0 aromatic rings. The quantitative estimate of drug-likeness (QED) is 0.292. The fraction of sp³-hybridized carbons (Fsp3) is 0.643. The highest BCUT2D eigenvalue weighted by Crippen LogP contribution is 2.24. The van der Waals surface area contributed by atoms with E-state index in [1.807, 2.05) is 0 Å². The van der Waals surface area contributed by atoms with Gasteiger partial charge in [0.05, 0.1) is 12.0 Å². The Morgan fingerprint density at radius 3 is 2.78 bits per heavy atom. The van der Waals surface area contributed by atoms with E-state index in [-0.39, 0.29) is 24.8 Å². The molecule has 0 spiro atoms. The lowest BCUT2D eigenvalue weighted by atomic mass is 10.2. The monoisotopic (exact) mass is 331 g/mol. The van der Waals surface area contributed by atoms with Crippen LogP contribution < -0.4 is 5.73 Å². The fourth-order valence-electron chi connectivity index (χ4n) is 1.91. The van der Waals surface area contributed by atoms with Crippen LogP contribution >= 0.6 is 0 Å². The Hall–Kier alpha value is -2.00. The molecule has 1 aliphatic rings. The third-order valence-electron chi connectivity index (χ3n) is 3.21. The summed E-state index contributed by atoms with van der Waals surface area (Å²) in [6.07, 6.45) is -1.48. The molecule has 1 rings (SSSR count). The summed E-state index contributed by atoms with van der Waals surface area (Å²) in [5, 5.41) is 9.96. The van der Waals surface area contributed by atoms with E-state index >= 15 is 0 Å². The number of esters is 1. The van der Waals surface area contributed by atoms with Crippen LogP contribution in [-0.4, -0.2) is 60.3 Å². The lowest BCUT2D eigenvalue weighted by Gasteiger charge is -2.23. The zero-order valence-electron chi connectivity index (χ0n) is 13.3. The molecule has 1 amide bonds. The Balaban J connectivity index is 2.69. The maximum absolute atomic E-state index is 13.7. The highest BCUT2D eigenvalue weighted by Gasteiger charge is 2.38. The number of aliphatic hydroxyl groups is 1. The van der Waals surface area contributed by atoms with Crippen molar-refractivity contribution in [2.24, 2.45) is 16.6 Å². The molecule has 0 aromatic carbocycles. The molecule has 0 aliphatic carbocycles. The zero-order chi connectivity index (χ0) is 17.6. The molecular formula is C14H22FN3O5. The number of carbonyl (C=O) groups excluding carboxylic acids is 2. The summed E-state index contributed by atoms with van der Waals surface area (Å²) in [4.78, 5) is 26.8. The van der Waals surface area contributed by atoms with Gasteiger partial charge in [-0.25, -0.2) is 4.39 Å². The van der Waals surface area contributed by atoms with Crippen LogP contribution in [-0.2, 0) is 19.1 Å². The summed E-state index contributed by atoms with van der Waals surface area (Å²) in [5.74, 6) is -1.98. The van der Waals surface area contributed by atoms with Crippen molar-refractivity contribution >= 4 is 18.2 Å². The summed E-state index contributed by atoms with van der Waals surface area (Å²) < 4.78 is 24.1. The molecular weight excluding hydrogens is 309 g/mol. The fourth-order valence-corrected chi connectivity index (χ4v) is 1.91. The first-order chi connectivity index (χ1) is 10.8. The van der Waals surface area contributed by atoms with Gasteiger partial charge in [0.1, 0.15) is 12.7 Å². The predicted molar refractivity (Wildman–Crippen MR) is 79.7 cm³/mol. The first-order valence-electron chi connectivity index (χ1n) is 7.13. The topological polar surface area (TPSA) is 114 Å². The van der Waals surface area contributed by atoms with Gasteiger partial charge in [0, 0.05) is 19.7 Å². The smallest absolute Gasteiger partial charge is 0.308 e. The minimum absolute atomic E-state index is 0.0535. The van der Waals surface area contributed by atoms with E-state index in [2.05, 4.69) is 4.99 Å². The lowest BCUT2D eigenvalue weighted by Crippen LogP contribution is -2.38. The van der Waals surface area contributed by atoms with Crippen molar-refractivity contribution in [3.63, 3.8) is 0 Å². The number of ether oxygens (including phenoxy) is 2. The highest BCUT2D eigenvalue weighted by molar-refractivity contribution is 5.94. The second-order valence-corrected chi connectivity index (χ2v) is 5.37. The normalized spacial score (nSPS) is 25.6. The maximum Gasteiger partial charge on any atom is 0.308 e. The van der Waals surface area contributed by atoms with Gasteiger partial charge in [-0.15, -0.1) is 0 Å². The number of hydrogen-bond donors (Lipinski definition) is 2. The Morgan fingerprint density at radius 2 is 2.26 bits per heavy atom. The van der Waals surface area contributed by atoms with Crippen molar-refractivity contribution < 1.29 is 28.6 Å². The van der Waals surface area contributed by atoms with Gasteiger partial charge in [0.2, 0.25) is 6.41 Å². The number of amides is 1. The van der Waals surface area contributed by atoms with Gasteiger partial charge in [-0.2, -0.15) is 0 Å². The summed E-state index contributed by atoms with van der Waals surface area (Å²) in [5.41, 5.74) is 5.29. The molecule has 8 nitrogen and oxygen atoms in total. The van der Waals surface area contributed by atoms with Crippen LogP contribution in [0.4, 0.5) is 4.39 Å². The van der Waals surface area contributed by atoms with E-state index in [1.165, 1.54) is 7.05 Å². The standard InChI is InChI=1S/C14H22FN3O5/c1-8(2)14(21)22-6-9-4-11(20)13(23-9)18(7-19)5-10(15)12(16)17-3/h5,7-9,11,13,20H,4,6H2,1-3H3,(H2,16,17)/b10-5+. The van der Waals surface area contributed by atoms with Crippen LogP contribution in [0, 0.1) is 5.92 Å². The molecule has 9 heteroatoms. The number of nitrogens with zero attached hydrogens (tertiary/aromatic N) is 2. The van der Waals surface area contributed by atoms with E-state index in [1.54, 1.807) is 13.8 Å². The summed E-state index contributed by atoms with van der Waals surface area (Å²) in [6.45, 7) is 3.33. The average molecular weight is 331 g/mol. The Morgan fingerprint density at radius 1 is 1.61 bits per heavy atom. The number of halogens is 1. The third kappa shape index (κ3) is 5.29. The van der Waals surface area contributed by atoms with Crippen molar-refractivity contribution in [3.8, 4) is 0 Å². The van der Waals surface area contributed by atoms with Gasteiger partial charge in [0.25, 0.3) is 0 Å². The molecule has 0 aromatic heterocycles.